The van der Waals surface area contributed by atoms with E-state index in [9.17, 15) is 4.79 Å². The van der Waals surface area contributed by atoms with Gasteiger partial charge < -0.3 is 10.2 Å². The van der Waals surface area contributed by atoms with E-state index in [0.29, 0.717) is 11.7 Å². The molecule has 0 bridgehead atoms. The van der Waals surface area contributed by atoms with Gasteiger partial charge in [-0.05, 0) is 25.2 Å². The van der Waals surface area contributed by atoms with Crippen LogP contribution in [0.4, 0.5) is 11.6 Å². The van der Waals surface area contributed by atoms with E-state index in [4.69, 9.17) is 0 Å². The first kappa shape index (κ1) is 17.3. The molecule has 1 fully saturated rings. The van der Waals surface area contributed by atoms with E-state index in [0.717, 1.165) is 43.9 Å². The molecule has 1 amide bonds. The minimum Gasteiger partial charge on any atom is -0.342 e. The first-order valence-corrected chi connectivity index (χ1v) is 8.74. The van der Waals surface area contributed by atoms with E-state index in [2.05, 4.69) is 25.3 Å². The number of rotatable bonds is 5. The number of anilines is 2. The van der Waals surface area contributed by atoms with Crippen LogP contribution in [0.5, 0.6) is 0 Å². The van der Waals surface area contributed by atoms with Gasteiger partial charge in [-0.15, -0.1) is 0 Å². The molecule has 1 aliphatic heterocycles. The maximum Gasteiger partial charge on any atom is 0.225 e. The van der Waals surface area contributed by atoms with Gasteiger partial charge in [0.25, 0.3) is 0 Å². The Balaban J connectivity index is 1.55. The Labute approximate surface area is 147 Å². The number of carbonyl (C=O) groups excluding carboxylic acids is 1. The van der Waals surface area contributed by atoms with Crippen molar-refractivity contribution in [2.45, 2.75) is 33.1 Å². The van der Waals surface area contributed by atoms with E-state index in [1.165, 1.54) is 0 Å². The molecular weight excluding hydrogens is 316 g/mol. The maximum absolute atomic E-state index is 12.1. The third-order valence-electron chi connectivity index (χ3n) is 4.46. The molecule has 1 N–H and O–H groups in total. The maximum atomic E-state index is 12.1. The molecule has 7 heteroatoms. The predicted molar refractivity (Wildman–Crippen MR) is 95.2 cm³/mol. The normalized spacial score (nSPS) is 15.4. The molecule has 0 unspecified atom stereocenters. The lowest BCUT2D eigenvalue weighted by Crippen LogP contribution is -2.41. The van der Waals surface area contributed by atoms with Gasteiger partial charge in [0, 0.05) is 43.2 Å². The molecule has 3 heterocycles. The van der Waals surface area contributed by atoms with Gasteiger partial charge in [0.2, 0.25) is 5.91 Å². The summed E-state index contributed by atoms with van der Waals surface area (Å²) in [5.74, 6) is 2.27. The Morgan fingerprint density at radius 2 is 2.00 bits per heavy atom. The third-order valence-corrected chi connectivity index (χ3v) is 4.46. The molecule has 1 aliphatic rings. The van der Waals surface area contributed by atoms with E-state index < -0.39 is 0 Å². The molecule has 2 aromatic heterocycles. The lowest BCUT2D eigenvalue weighted by molar-refractivity contribution is -0.135. The summed E-state index contributed by atoms with van der Waals surface area (Å²) in [7, 11) is 0. The van der Waals surface area contributed by atoms with Gasteiger partial charge in [-0.25, -0.2) is 15.0 Å². The summed E-state index contributed by atoms with van der Waals surface area (Å²) in [6, 6.07) is 1.96. The second-order valence-corrected chi connectivity index (χ2v) is 6.74. The molecule has 25 heavy (non-hydrogen) atoms. The standard InChI is InChI=1S/C18H24N6O/c1-13(2)18(25)24-7-3-14(4-8-24)9-15-10-16(22-12-21-15)23-17-11-19-5-6-20-17/h5-6,10-14H,3-4,7-9H2,1-2H3,(H,20,21,22,23). The van der Waals surface area contributed by atoms with E-state index in [1.54, 1.807) is 24.9 Å². The molecule has 2 aromatic rings. The predicted octanol–water partition coefficient (Wildman–Crippen LogP) is 2.45. The molecule has 7 nitrogen and oxygen atoms in total. The third kappa shape index (κ3) is 4.71. The van der Waals surface area contributed by atoms with Crippen LogP contribution in [0, 0.1) is 11.8 Å². The van der Waals surface area contributed by atoms with E-state index >= 15 is 0 Å². The van der Waals surface area contributed by atoms with Gasteiger partial charge >= 0.3 is 0 Å². The van der Waals surface area contributed by atoms with Crippen LogP contribution in [0.15, 0.2) is 31.0 Å². The zero-order chi connectivity index (χ0) is 17.6. The van der Waals surface area contributed by atoms with Crippen LogP contribution in [0.2, 0.25) is 0 Å². The van der Waals surface area contributed by atoms with Crippen molar-refractivity contribution in [2.75, 3.05) is 18.4 Å². The van der Waals surface area contributed by atoms with Crippen molar-refractivity contribution in [3.8, 4) is 0 Å². The summed E-state index contributed by atoms with van der Waals surface area (Å²) < 4.78 is 0. The summed E-state index contributed by atoms with van der Waals surface area (Å²) in [5.41, 5.74) is 1.01. The number of piperidine rings is 1. The largest absolute Gasteiger partial charge is 0.342 e. The van der Waals surface area contributed by atoms with Crippen molar-refractivity contribution < 1.29 is 4.79 Å². The number of hydrogen-bond donors (Lipinski definition) is 1. The summed E-state index contributed by atoms with van der Waals surface area (Å²) in [6.45, 7) is 5.61. The molecule has 0 aliphatic carbocycles. The number of amides is 1. The SMILES string of the molecule is CC(C)C(=O)N1CCC(Cc2cc(Nc3cnccn3)ncn2)CC1. The summed E-state index contributed by atoms with van der Waals surface area (Å²) in [4.78, 5) is 30.9. The quantitative estimate of drug-likeness (QED) is 0.900. The number of nitrogens with zero attached hydrogens (tertiary/aromatic N) is 5. The first-order valence-electron chi connectivity index (χ1n) is 8.74. The fourth-order valence-electron chi connectivity index (χ4n) is 3.09. The van der Waals surface area contributed by atoms with Crippen LogP contribution in [0.3, 0.4) is 0 Å². The molecule has 1 saturated heterocycles. The molecule has 0 atom stereocenters. The van der Waals surface area contributed by atoms with Crippen LogP contribution in [-0.4, -0.2) is 43.8 Å². The average molecular weight is 340 g/mol. The number of aromatic nitrogens is 4. The lowest BCUT2D eigenvalue weighted by atomic mass is 9.91. The highest BCUT2D eigenvalue weighted by molar-refractivity contribution is 5.78. The number of nitrogens with one attached hydrogen (secondary N) is 1. The van der Waals surface area contributed by atoms with Gasteiger partial charge in [0.05, 0.1) is 6.20 Å². The molecule has 3 rings (SSSR count). The molecular formula is C18H24N6O. The zero-order valence-corrected chi connectivity index (χ0v) is 14.7. The van der Waals surface area contributed by atoms with Crippen LogP contribution < -0.4 is 5.32 Å². The van der Waals surface area contributed by atoms with E-state index in [1.807, 2.05) is 24.8 Å². The van der Waals surface area contributed by atoms with Gasteiger partial charge in [-0.1, -0.05) is 13.8 Å². The monoisotopic (exact) mass is 340 g/mol. The summed E-state index contributed by atoms with van der Waals surface area (Å²) in [6.07, 6.45) is 9.45. The summed E-state index contributed by atoms with van der Waals surface area (Å²) >= 11 is 0. The Bertz CT molecular complexity index is 698. The van der Waals surface area contributed by atoms with Crippen molar-refractivity contribution in [3.63, 3.8) is 0 Å². The summed E-state index contributed by atoms with van der Waals surface area (Å²) in [5, 5.41) is 3.14. The number of carbonyl (C=O) groups is 1. The van der Waals surface area contributed by atoms with Crippen LogP contribution >= 0.6 is 0 Å². The highest BCUT2D eigenvalue weighted by Gasteiger charge is 2.24. The lowest BCUT2D eigenvalue weighted by Gasteiger charge is -2.33. The smallest absolute Gasteiger partial charge is 0.225 e. The molecule has 0 saturated carbocycles. The Morgan fingerprint density at radius 1 is 1.20 bits per heavy atom. The van der Waals surface area contributed by atoms with Crippen molar-refractivity contribution >= 4 is 17.5 Å². The molecule has 0 radical (unpaired) electrons. The Kier molecular flexibility index (Phi) is 5.53. The van der Waals surface area contributed by atoms with Gasteiger partial charge in [0.15, 0.2) is 0 Å². The highest BCUT2D eigenvalue weighted by atomic mass is 16.2. The van der Waals surface area contributed by atoms with Gasteiger partial charge in [0.1, 0.15) is 18.0 Å². The van der Waals surface area contributed by atoms with Gasteiger partial charge in [-0.3, -0.25) is 9.78 Å². The van der Waals surface area contributed by atoms with Crippen LogP contribution in [0.1, 0.15) is 32.4 Å². The second-order valence-electron chi connectivity index (χ2n) is 6.74. The van der Waals surface area contributed by atoms with Gasteiger partial charge in [-0.2, -0.15) is 0 Å². The molecule has 0 aromatic carbocycles. The number of likely N-dealkylation sites (tertiary alicyclic amines) is 1. The van der Waals surface area contributed by atoms with Crippen molar-refractivity contribution in [3.05, 3.63) is 36.7 Å². The van der Waals surface area contributed by atoms with Crippen LogP contribution in [-0.2, 0) is 11.2 Å². The first-order chi connectivity index (χ1) is 12.1. The topological polar surface area (TPSA) is 83.9 Å². The molecule has 0 spiro atoms. The van der Waals surface area contributed by atoms with Crippen molar-refractivity contribution in [1.82, 2.24) is 24.8 Å². The van der Waals surface area contributed by atoms with Crippen LogP contribution in [0.25, 0.3) is 0 Å². The van der Waals surface area contributed by atoms with E-state index in [-0.39, 0.29) is 11.8 Å². The van der Waals surface area contributed by atoms with Crippen molar-refractivity contribution in [2.24, 2.45) is 11.8 Å². The highest BCUT2D eigenvalue weighted by Crippen LogP contribution is 2.23. The van der Waals surface area contributed by atoms with Crippen molar-refractivity contribution in [1.29, 1.82) is 0 Å². The molecule has 132 valence electrons. The second kappa shape index (κ2) is 8.00. The zero-order valence-electron chi connectivity index (χ0n) is 14.7. The fraction of sp³-hybridized carbons (Fsp3) is 0.500. The Morgan fingerprint density at radius 3 is 2.68 bits per heavy atom. The Hall–Kier alpha value is -2.57. The minimum absolute atomic E-state index is 0.0770. The minimum atomic E-state index is 0.0770. The number of hydrogen-bond acceptors (Lipinski definition) is 6. The average Bonchev–Trinajstić information content (AvgIpc) is 2.63. The fourth-order valence-corrected chi connectivity index (χ4v) is 3.09.